The lowest BCUT2D eigenvalue weighted by molar-refractivity contribution is -0.171. The quantitative estimate of drug-likeness (QED) is 0.529. The van der Waals surface area contributed by atoms with Gasteiger partial charge < -0.3 is 9.57 Å². The maximum absolute atomic E-state index is 11.4. The van der Waals surface area contributed by atoms with Gasteiger partial charge in [-0.25, -0.2) is 9.59 Å². The van der Waals surface area contributed by atoms with Crippen molar-refractivity contribution in [3.63, 3.8) is 0 Å². The molecule has 0 amide bonds. The van der Waals surface area contributed by atoms with Gasteiger partial charge in [-0.15, -0.1) is 5.48 Å². The number of ether oxygens (including phenoxy) is 1. The minimum absolute atomic E-state index is 0.374. The van der Waals surface area contributed by atoms with E-state index in [4.69, 9.17) is 4.84 Å². The van der Waals surface area contributed by atoms with Crippen molar-refractivity contribution in [1.29, 1.82) is 0 Å². The lowest BCUT2D eigenvalue weighted by atomic mass is 10.00. The zero-order valence-electron chi connectivity index (χ0n) is 11.5. The molecule has 0 aliphatic rings. The third-order valence-electron chi connectivity index (χ3n) is 2.89. The Labute approximate surface area is 122 Å². The van der Waals surface area contributed by atoms with Crippen molar-refractivity contribution in [1.82, 2.24) is 5.48 Å². The molecule has 2 aromatic carbocycles. The van der Waals surface area contributed by atoms with E-state index in [1.807, 2.05) is 60.7 Å². The fourth-order valence-corrected chi connectivity index (χ4v) is 1.86. The van der Waals surface area contributed by atoms with Crippen LogP contribution in [0.15, 0.2) is 60.7 Å². The summed E-state index contributed by atoms with van der Waals surface area (Å²) in [5.74, 6) is -2.14. The number of hydroxylamine groups is 1. The molecule has 0 atom stereocenters. The van der Waals surface area contributed by atoms with E-state index in [9.17, 15) is 9.59 Å². The Morgan fingerprint density at radius 1 is 0.857 bits per heavy atom. The molecule has 5 nitrogen and oxygen atoms in total. The van der Waals surface area contributed by atoms with E-state index in [-0.39, 0.29) is 6.04 Å². The van der Waals surface area contributed by atoms with Gasteiger partial charge in [0.25, 0.3) is 0 Å². The van der Waals surface area contributed by atoms with Crippen LogP contribution in [-0.4, -0.2) is 19.0 Å². The van der Waals surface area contributed by atoms with Crippen LogP contribution in [0.3, 0.4) is 0 Å². The van der Waals surface area contributed by atoms with Crippen molar-refractivity contribution in [2.24, 2.45) is 0 Å². The fourth-order valence-electron chi connectivity index (χ4n) is 1.86. The van der Waals surface area contributed by atoms with Crippen LogP contribution >= 0.6 is 0 Å². The van der Waals surface area contributed by atoms with Gasteiger partial charge in [-0.1, -0.05) is 60.7 Å². The van der Waals surface area contributed by atoms with Gasteiger partial charge in [0.05, 0.1) is 13.2 Å². The van der Waals surface area contributed by atoms with Gasteiger partial charge in [0.1, 0.15) is 0 Å². The highest BCUT2D eigenvalue weighted by Crippen LogP contribution is 2.21. The van der Waals surface area contributed by atoms with Crippen molar-refractivity contribution < 1.29 is 19.2 Å². The molecule has 21 heavy (non-hydrogen) atoms. The summed E-state index contributed by atoms with van der Waals surface area (Å²) in [5.41, 5.74) is 4.43. The molecule has 2 aromatic rings. The summed E-state index contributed by atoms with van der Waals surface area (Å²) in [5, 5.41) is 0. The second-order valence-corrected chi connectivity index (χ2v) is 4.25. The van der Waals surface area contributed by atoms with E-state index in [2.05, 4.69) is 10.2 Å². The van der Waals surface area contributed by atoms with Crippen molar-refractivity contribution in [3.8, 4) is 0 Å². The molecule has 0 aromatic heterocycles. The highest BCUT2D eigenvalue weighted by atomic mass is 16.7. The van der Waals surface area contributed by atoms with Crippen molar-refractivity contribution >= 4 is 11.9 Å². The van der Waals surface area contributed by atoms with Crippen LogP contribution in [0.1, 0.15) is 17.2 Å². The summed E-state index contributed by atoms with van der Waals surface area (Å²) in [6, 6.07) is 18.5. The van der Waals surface area contributed by atoms with Gasteiger partial charge in [0.15, 0.2) is 0 Å². The molecule has 0 spiro atoms. The van der Waals surface area contributed by atoms with Gasteiger partial charge in [0.2, 0.25) is 0 Å². The number of esters is 1. The number of hydrogen-bond donors (Lipinski definition) is 1. The molecule has 5 heteroatoms. The van der Waals surface area contributed by atoms with Gasteiger partial charge in [-0.2, -0.15) is 0 Å². The minimum Gasteiger partial charge on any atom is -0.461 e. The molecule has 0 saturated carbocycles. The number of nitrogens with one attached hydrogen (secondary N) is 1. The summed E-state index contributed by atoms with van der Waals surface area (Å²) >= 11 is 0. The molecule has 0 aliphatic heterocycles. The van der Waals surface area contributed by atoms with Crippen LogP contribution in [-0.2, 0) is 19.2 Å². The Morgan fingerprint density at radius 3 is 1.76 bits per heavy atom. The summed E-state index contributed by atoms with van der Waals surface area (Å²) < 4.78 is 4.30. The number of carbonyl (C=O) groups excluding carboxylic acids is 2. The summed E-state index contributed by atoms with van der Waals surface area (Å²) in [7, 11) is 1.12. The lowest BCUT2D eigenvalue weighted by Crippen LogP contribution is -2.30. The first-order chi connectivity index (χ1) is 10.2. The lowest BCUT2D eigenvalue weighted by Gasteiger charge is -2.18. The van der Waals surface area contributed by atoms with Gasteiger partial charge in [-0.05, 0) is 11.1 Å². The summed E-state index contributed by atoms with van der Waals surface area (Å²) in [6.07, 6.45) is 0. The van der Waals surface area contributed by atoms with E-state index in [0.29, 0.717) is 0 Å². The van der Waals surface area contributed by atoms with E-state index >= 15 is 0 Å². The molecular formula is C16H15NO4. The predicted octanol–water partition coefficient (Wildman–Crippen LogP) is 2.00. The van der Waals surface area contributed by atoms with Crippen LogP contribution in [0.4, 0.5) is 0 Å². The third-order valence-corrected chi connectivity index (χ3v) is 2.89. The van der Waals surface area contributed by atoms with Crippen LogP contribution in [0.2, 0.25) is 0 Å². The van der Waals surface area contributed by atoms with E-state index < -0.39 is 11.9 Å². The number of hydrogen-bond acceptors (Lipinski definition) is 5. The molecule has 0 fully saturated rings. The zero-order chi connectivity index (χ0) is 15.1. The van der Waals surface area contributed by atoms with Crippen LogP contribution in [0.5, 0.6) is 0 Å². The van der Waals surface area contributed by atoms with Crippen molar-refractivity contribution in [2.45, 2.75) is 6.04 Å². The maximum atomic E-state index is 11.4. The normalized spacial score (nSPS) is 10.2. The standard InChI is InChI=1S/C16H15NO4/c1-20-15(18)16(19)21-17-14(12-8-4-2-5-9-12)13-10-6-3-7-11-13/h2-11,14,17H,1H3. The molecule has 0 bridgehead atoms. The highest BCUT2D eigenvalue weighted by Gasteiger charge is 2.20. The summed E-state index contributed by atoms with van der Waals surface area (Å²) in [4.78, 5) is 27.2. The first-order valence-corrected chi connectivity index (χ1v) is 6.37. The Balaban J connectivity index is 2.18. The molecule has 0 saturated heterocycles. The average Bonchev–Trinajstić information content (AvgIpc) is 2.56. The smallest absolute Gasteiger partial charge is 0.436 e. The SMILES string of the molecule is COC(=O)C(=O)ONC(c1ccccc1)c1ccccc1. The molecule has 0 radical (unpaired) electrons. The van der Waals surface area contributed by atoms with Crippen LogP contribution < -0.4 is 5.48 Å². The van der Waals surface area contributed by atoms with Gasteiger partial charge >= 0.3 is 11.9 Å². The van der Waals surface area contributed by atoms with Crippen LogP contribution in [0, 0.1) is 0 Å². The maximum Gasteiger partial charge on any atom is 0.436 e. The second kappa shape index (κ2) is 7.21. The first-order valence-electron chi connectivity index (χ1n) is 6.37. The fraction of sp³-hybridized carbons (Fsp3) is 0.125. The number of methoxy groups -OCH3 is 1. The van der Waals surface area contributed by atoms with Crippen molar-refractivity contribution in [2.75, 3.05) is 7.11 Å². The van der Waals surface area contributed by atoms with E-state index in [1.54, 1.807) is 0 Å². The number of benzene rings is 2. The number of rotatable bonds is 4. The highest BCUT2D eigenvalue weighted by molar-refractivity contribution is 6.29. The van der Waals surface area contributed by atoms with Crippen LogP contribution in [0.25, 0.3) is 0 Å². The molecule has 2 rings (SSSR count). The Hall–Kier alpha value is -2.66. The Bertz CT molecular complexity index is 559. The largest absolute Gasteiger partial charge is 0.461 e. The van der Waals surface area contributed by atoms with E-state index in [0.717, 1.165) is 18.2 Å². The molecule has 0 unspecified atom stereocenters. The predicted molar refractivity (Wildman–Crippen MR) is 76.0 cm³/mol. The van der Waals surface area contributed by atoms with Gasteiger partial charge in [0, 0.05) is 0 Å². The second-order valence-electron chi connectivity index (χ2n) is 4.25. The molecule has 0 heterocycles. The molecule has 0 aliphatic carbocycles. The minimum atomic E-state index is -1.09. The van der Waals surface area contributed by atoms with E-state index in [1.165, 1.54) is 0 Å². The molecule has 108 valence electrons. The topological polar surface area (TPSA) is 64.6 Å². The molecular weight excluding hydrogens is 270 g/mol. The third kappa shape index (κ3) is 3.90. The zero-order valence-corrected chi connectivity index (χ0v) is 11.5. The first kappa shape index (κ1) is 14.7. The number of carbonyl (C=O) groups is 2. The Kier molecular flexibility index (Phi) is 5.06. The summed E-state index contributed by atoms with van der Waals surface area (Å²) in [6.45, 7) is 0. The molecule has 1 N–H and O–H groups in total. The van der Waals surface area contributed by atoms with Gasteiger partial charge in [-0.3, -0.25) is 0 Å². The monoisotopic (exact) mass is 285 g/mol. The average molecular weight is 285 g/mol. The Morgan fingerprint density at radius 2 is 1.33 bits per heavy atom. The van der Waals surface area contributed by atoms with Crippen molar-refractivity contribution in [3.05, 3.63) is 71.8 Å².